The average Bonchev–Trinajstić information content (AvgIpc) is 2.45. The van der Waals surface area contributed by atoms with Crippen LogP contribution < -0.4 is 11.1 Å². The summed E-state index contributed by atoms with van der Waals surface area (Å²) in [5.41, 5.74) is 7.08. The van der Waals surface area contributed by atoms with Crippen molar-refractivity contribution in [3.8, 4) is 0 Å². The molecule has 3 N–H and O–H groups in total. The molecule has 21 heavy (non-hydrogen) atoms. The molecule has 106 valence electrons. The van der Waals surface area contributed by atoms with Crippen LogP contribution in [0.25, 0.3) is 10.9 Å². The molecule has 0 aliphatic carbocycles. The van der Waals surface area contributed by atoms with E-state index in [4.69, 9.17) is 5.73 Å². The Morgan fingerprint density at radius 2 is 1.81 bits per heavy atom. The molecule has 0 unspecified atom stereocenters. The van der Waals surface area contributed by atoms with Crippen molar-refractivity contribution in [2.24, 2.45) is 0 Å². The van der Waals surface area contributed by atoms with Gasteiger partial charge in [-0.25, -0.2) is 13.8 Å². The Balaban J connectivity index is 1.98. The van der Waals surface area contributed by atoms with Gasteiger partial charge in [0.05, 0.1) is 15.7 Å². The predicted molar refractivity (Wildman–Crippen MR) is 83.5 cm³/mol. The number of rotatable bonds is 2. The molecular weight excluding hydrogens is 340 g/mol. The van der Waals surface area contributed by atoms with E-state index in [0.29, 0.717) is 17.0 Å². The zero-order valence-corrected chi connectivity index (χ0v) is 12.3. The van der Waals surface area contributed by atoms with Gasteiger partial charge in [-0.05, 0) is 52.3 Å². The molecule has 1 heterocycles. The molecule has 0 aliphatic rings. The predicted octanol–water partition coefficient (Wildman–Crippen LogP) is 4.60. The Morgan fingerprint density at radius 1 is 1.00 bits per heavy atom. The van der Waals surface area contributed by atoms with Crippen LogP contribution in [0.15, 0.2) is 46.9 Å². The number of hydrogen-bond acceptors (Lipinski definition) is 3. The molecule has 2 aromatic carbocycles. The molecule has 0 saturated carbocycles. The van der Waals surface area contributed by atoms with Crippen molar-refractivity contribution >= 4 is 44.0 Å². The van der Waals surface area contributed by atoms with E-state index < -0.39 is 11.6 Å². The van der Waals surface area contributed by atoms with E-state index in [-0.39, 0.29) is 10.2 Å². The first-order chi connectivity index (χ1) is 10.0. The second kappa shape index (κ2) is 5.29. The molecule has 0 atom stereocenters. The summed E-state index contributed by atoms with van der Waals surface area (Å²) in [5.74, 6) is -0.692. The summed E-state index contributed by atoms with van der Waals surface area (Å²) in [7, 11) is 0. The van der Waals surface area contributed by atoms with Gasteiger partial charge in [-0.1, -0.05) is 0 Å². The number of fused-ring (bicyclic) bond motifs is 1. The van der Waals surface area contributed by atoms with E-state index in [9.17, 15) is 8.78 Å². The summed E-state index contributed by atoms with van der Waals surface area (Å²) in [4.78, 5) is 4.34. The van der Waals surface area contributed by atoms with E-state index in [1.165, 1.54) is 0 Å². The standard InChI is InChI=1S/C15H10BrF2N3/c16-10-6-12(18)14(7-11(10)17)21-15-4-1-8-5-9(19)2-3-13(8)20-15/h1-7H,19H2,(H,20,21). The van der Waals surface area contributed by atoms with Crippen LogP contribution >= 0.6 is 15.9 Å². The fourth-order valence-corrected chi connectivity index (χ4v) is 2.29. The maximum Gasteiger partial charge on any atom is 0.148 e. The highest BCUT2D eigenvalue weighted by atomic mass is 79.9. The van der Waals surface area contributed by atoms with E-state index >= 15 is 0 Å². The SMILES string of the molecule is Nc1ccc2nc(Nc3cc(F)c(Br)cc3F)ccc2c1. The second-order valence-electron chi connectivity index (χ2n) is 4.52. The maximum absolute atomic E-state index is 13.8. The van der Waals surface area contributed by atoms with Crippen LogP contribution in [0.3, 0.4) is 0 Å². The zero-order valence-electron chi connectivity index (χ0n) is 10.7. The fourth-order valence-electron chi connectivity index (χ4n) is 1.97. The summed E-state index contributed by atoms with van der Waals surface area (Å²) in [6.45, 7) is 0. The van der Waals surface area contributed by atoms with Gasteiger partial charge in [0.1, 0.15) is 17.5 Å². The number of nitrogens with one attached hydrogen (secondary N) is 1. The largest absolute Gasteiger partial charge is 0.399 e. The number of hydrogen-bond donors (Lipinski definition) is 2. The van der Waals surface area contributed by atoms with Gasteiger partial charge in [0.25, 0.3) is 0 Å². The minimum atomic E-state index is -0.567. The lowest BCUT2D eigenvalue weighted by molar-refractivity contribution is 0.598. The smallest absolute Gasteiger partial charge is 0.148 e. The summed E-state index contributed by atoms with van der Waals surface area (Å²) >= 11 is 2.93. The Morgan fingerprint density at radius 3 is 2.62 bits per heavy atom. The average molecular weight is 350 g/mol. The number of nitrogens with zero attached hydrogens (tertiary/aromatic N) is 1. The van der Waals surface area contributed by atoms with E-state index in [1.54, 1.807) is 24.3 Å². The Labute approximate surface area is 127 Å². The van der Waals surface area contributed by atoms with E-state index in [1.807, 2.05) is 6.07 Å². The highest BCUT2D eigenvalue weighted by Gasteiger charge is 2.09. The van der Waals surface area contributed by atoms with Crippen molar-refractivity contribution in [1.29, 1.82) is 0 Å². The first-order valence-electron chi connectivity index (χ1n) is 6.11. The first-order valence-corrected chi connectivity index (χ1v) is 6.90. The van der Waals surface area contributed by atoms with Crippen molar-refractivity contribution in [1.82, 2.24) is 4.98 Å². The number of halogens is 3. The van der Waals surface area contributed by atoms with E-state index in [2.05, 4.69) is 26.2 Å². The van der Waals surface area contributed by atoms with Gasteiger partial charge in [-0.3, -0.25) is 0 Å². The third-order valence-electron chi connectivity index (χ3n) is 2.99. The Kier molecular flexibility index (Phi) is 3.47. The highest BCUT2D eigenvalue weighted by molar-refractivity contribution is 9.10. The van der Waals surface area contributed by atoms with Gasteiger partial charge in [-0.2, -0.15) is 0 Å². The molecule has 3 aromatic rings. The van der Waals surface area contributed by atoms with Crippen LogP contribution in [0, 0.1) is 11.6 Å². The molecule has 3 nitrogen and oxygen atoms in total. The lowest BCUT2D eigenvalue weighted by atomic mass is 10.2. The second-order valence-corrected chi connectivity index (χ2v) is 5.37. The monoisotopic (exact) mass is 349 g/mol. The third-order valence-corrected chi connectivity index (χ3v) is 3.59. The Hall–Kier alpha value is -2.21. The summed E-state index contributed by atoms with van der Waals surface area (Å²) in [6.07, 6.45) is 0. The number of pyridine rings is 1. The molecule has 0 fully saturated rings. The van der Waals surface area contributed by atoms with Crippen molar-refractivity contribution < 1.29 is 8.78 Å². The minimum Gasteiger partial charge on any atom is -0.399 e. The number of anilines is 3. The van der Waals surface area contributed by atoms with Crippen LogP contribution in [0.1, 0.15) is 0 Å². The highest BCUT2D eigenvalue weighted by Crippen LogP contribution is 2.26. The molecule has 3 rings (SSSR count). The molecule has 0 radical (unpaired) electrons. The third kappa shape index (κ3) is 2.80. The summed E-state index contributed by atoms with van der Waals surface area (Å²) < 4.78 is 27.3. The number of aromatic nitrogens is 1. The number of nitrogens with two attached hydrogens (primary N) is 1. The van der Waals surface area contributed by atoms with Crippen LogP contribution in [-0.4, -0.2) is 4.98 Å². The molecular formula is C15H10BrF2N3. The zero-order chi connectivity index (χ0) is 15.0. The molecule has 0 bridgehead atoms. The summed E-state index contributed by atoms with van der Waals surface area (Å²) in [5, 5.41) is 3.65. The van der Waals surface area contributed by atoms with Crippen molar-refractivity contribution in [2.45, 2.75) is 0 Å². The molecule has 6 heteroatoms. The van der Waals surface area contributed by atoms with Gasteiger partial charge >= 0.3 is 0 Å². The van der Waals surface area contributed by atoms with Crippen LogP contribution in [-0.2, 0) is 0 Å². The van der Waals surface area contributed by atoms with E-state index in [0.717, 1.165) is 17.5 Å². The van der Waals surface area contributed by atoms with Crippen molar-refractivity contribution in [3.05, 3.63) is 58.6 Å². The van der Waals surface area contributed by atoms with Gasteiger partial charge in [0, 0.05) is 17.1 Å². The quantitative estimate of drug-likeness (QED) is 0.525. The number of nitrogen functional groups attached to an aromatic ring is 1. The first kappa shape index (κ1) is 13.8. The van der Waals surface area contributed by atoms with Gasteiger partial charge < -0.3 is 11.1 Å². The van der Waals surface area contributed by atoms with Gasteiger partial charge in [-0.15, -0.1) is 0 Å². The van der Waals surface area contributed by atoms with Crippen molar-refractivity contribution in [2.75, 3.05) is 11.1 Å². The molecule has 0 amide bonds. The van der Waals surface area contributed by atoms with Gasteiger partial charge in [0.15, 0.2) is 0 Å². The molecule has 0 aliphatic heterocycles. The Bertz CT molecular complexity index is 837. The lowest BCUT2D eigenvalue weighted by Gasteiger charge is -2.09. The van der Waals surface area contributed by atoms with Crippen LogP contribution in [0.5, 0.6) is 0 Å². The minimum absolute atomic E-state index is 0.0259. The fraction of sp³-hybridized carbons (Fsp3) is 0. The van der Waals surface area contributed by atoms with Gasteiger partial charge in [0.2, 0.25) is 0 Å². The van der Waals surface area contributed by atoms with Crippen LogP contribution in [0.2, 0.25) is 0 Å². The lowest BCUT2D eigenvalue weighted by Crippen LogP contribution is -1.98. The normalized spacial score (nSPS) is 10.8. The van der Waals surface area contributed by atoms with Crippen molar-refractivity contribution in [3.63, 3.8) is 0 Å². The molecule has 0 saturated heterocycles. The molecule has 1 aromatic heterocycles. The summed E-state index contributed by atoms with van der Waals surface area (Å²) in [6, 6.07) is 10.9. The molecule has 0 spiro atoms. The maximum atomic E-state index is 13.8. The number of benzene rings is 2. The topological polar surface area (TPSA) is 50.9 Å². The van der Waals surface area contributed by atoms with Crippen LogP contribution in [0.4, 0.5) is 26.0 Å².